The number of carboxylic acid groups (broad SMARTS) is 1. The lowest BCUT2D eigenvalue weighted by Crippen LogP contribution is -2.67. The van der Waals surface area contributed by atoms with Gasteiger partial charge in [-0.15, -0.1) is 11.3 Å². The number of carbonyl (C=O) groups is 2. The summed E-state index contributed by atoms with van der Waals surface area (Å²) in [7, 11) is 0. The van der Waals surface area contributed by atoms with Crippen molar-refractivity contribution in [3.63, 3.8) is 0 Å². The Morgan fingerprint density at radius 2 is 1.97 bits per heavy atom. The van der Waals surface area contributed by atoms with Crippen molar-refractivity contribution < 1.29 is 19.2 Å². The molecular formula is C25H26ClN5O4S. The van der Waals surface area contributed by atoms with Gasteiger partial charge in [0.05, 0.1) is 27.1 Å². The van der Waals surface area contributed by atoms with Crippen LogP contribution < -0.4 is 15.5 Å². The van der Waals surface area contributed by atoms with E-state index in [1.165, 1.54) is 24.2 Å². The van der Waals surface area contributed by atoms with E-state index in [1.54, 1.807) is 35.2 Å². The summed E-state index contributed by atoms with van der Waals surface area (Å²) in [6, 6.07) is 13.2. The quantitative estimate of drug-likeness (QED) is 0.395. The maximum atomic E-state index is 13.7. The molecule has 1 unspecified atom stereocenters. The van der Waals surface area contributed by atoms with Crippen molar-refractivity contribution in [1.82, 2.24) is 15.4 Å². The number of rotatable bonds is 7. The number of nitrogens with zero attached hydrogens (tertiary/aromatic N) is 3. The van der Waals surface area contributed by atoms with Gasteiger partial charge in [-0.1, -0.05) is 28.9 Å². The van der Waals surface area contributed by atoms with Gasteiger partial charge in [-0.2, -0.15) is 0 Å². The molecule has 188 valence electrons. The van der Waals surface area contributed by atoms with Crippen LogP contribution in [-0.4, -0.2) is 57.9 Å². The fourth-order valence-electron chi connectivity index (χ4n) is 5.16. The maximum absolute atomic E-state index is 13.7. The molecular weight excluding hydrogens is 502 g/mol. The largest absolute Gasteiger partial charge is 0.478 e. The number of anilines is 2. The second-order valence-electron chi connectivity index (χ2n) is 9.54. The topological polar surface area (TPSA) is 111 Å². The Bertz CT molecular complexity index is 1300. The van der Waals surface area contributed by atoms with Crippen LogP contribution in [0.5, 0.6) is 0 Å². The summed E-state index contributed by atoms with van der Waals surface area (Å²) >= 11 is 7.43. The first kappa shape index (κ1) is 23.3. The average Bonchev–Trinajstić information content (AvgIpc) is 3.30. The van der Waals surface area contributed by atoms with E-state index in [1.807, 2.05) is 12.1 Å². The normalized spacial score (nSPS) is 22.3. The number of benzene rings is 1. The van der Waals surface area contributed by atoms with Crippen LogP contribution >= 0.6 is 22.9 Å². The number of carboxylic acids is 1. The third kappa shape index (κ3) is 4.12. The van der Waals surface area contributed by atoms with E-state index in [-0.39, 0.29) is 12.6 Å². The van der Waals surface area contributed by atoms with Crippen molar-refractivity contribution in [2.75, 3.05) is 23.3 Å². The van der Waals surface area contributed by atoms with Gasteiger partial charge in [0.15, 0.2) is 5.76 Å². The van der Waals surface area contributed by atoms with E-state index in [9.17, 15) is 14.7 Å². The molecule has 4 heterocycles. The lowest BCUT2D eigenvalue weighted by atomic mass is 10.0. The fraction of sp³-hybridized carbons (Fsp3) is 0.400. The molecule has 1 atom stereocenters. The van der Waals surface area contributed by atoms with Crippen LogP contribution in [0.2, 0.25) is 4.34 Å². The van der Waals surface area contributed by atoms with Gasteiger partial charge >= 0.3 is 5.97 Å². The number of fused-ring (bicyclic) bond motifs is 1. The van der Waals surface area contributed by atoms with E-state index in [2.05, 4.69) is 20.7 Å². The molecule has 0 spiro atoms. The zero-order valence-corrected chi connectivity index (χ0v) is 21.0. The van der Waals surface area contributed by atoms with Crippen molar-refractivity contribution in [2.24, 2.45) is 0 Å². The number of para-hydroxylation sites is 2. The molecule has 3 aromatic rings. The summed E-state index contributed by atoms with van der Waals surface area (Å²) in [4.78, 5) is 31.4. The van der Waals surface area contributed by atoms with Crippen LogP contribution in [0.3, 0.4) is 0 Å². The third-order valence-electron chi connectivity index (χ3n) is 7.18. The molecule has 6 rings (SSSR count). The number of halogens is 1. The highest BCUT2D eigenvalue weighted by atomic mass is 35.5. The Labute approximate surface area is 217 Å². The minimum Gasteiger partial charge on any atom is -0.478 e. The van der Waals surface area contributed by atoms with Crippen molar-refractivity contribution >= 4 is 46.2 Å². The smallest absolute Gasteiger partial charge is 0.360 e. The van der Waals surface area contributed by atoms with Crippen LogP contribution in [0.15, 0.2) is 47.0 Å². The van der Waals surface area contributed by atoms with E-state index in [0.717, 1.165) is 30.8 Å². The summed E-state index contributed by atoms with van der Waals surface area (Å²) < 4.78 is 6.20. The number of aromatic nitrogens is 1. The summed E-state index contributed by atoms with van der Waals surface area (Å²) in [5.41, 5.74) is -0.231. The molecule has 36 heavy (non-hydrogen) atoms. The number of likely N-dealkylation sites (tertiary alicyclic amines) is 1. The minimum atomic E-state index is -2.02. The average molecular weight is 528 g/mol. The molecule has 9 nitrogen and oxygen atoms in total. The molecule has 2 aliphatic heterocycles. The van der Waals surface area contributed by atoms with Crippen molar-refractivity contribution in [3.05, 3.63) is 52.6 Å². The standard InChI is InChI=1S/C25H26ClN5O4S/c26-22-8-7-21(36-22)19-13-17(35-29-19)14-31-20-4-2-1-3-18(20)28-25(31,24(33)34)23(32)27-15-9-11-30(12-10-15)16-5-6-16/h1-4,7-8,13,15-16,28H,5-6,9-12,14H2,(H,27,32)(H,33,34). The Morgan fingerprint density at radius 3 is 2.67 bits per heavy atom. The van der Waals surface area contributed by atoms with Gasteiger partial charge in [-0.05, 0) is 49.9 Å². The van der Waals surface area contributed by atoms with Gasteiger partial charge < -0.3 is 30.1 Å². The van der Waals surface area contributed by atoms with Crippen LogP contribution in [0.25, 0.3) is 10.6 Å². The highest BCUT2D eigenvalue weighted by Crippen LogP contribution is 2.42. The second-order valence-corrected chi connectivity index (χ2v) is 11.3. The van der Waals surface area contributed by atoms with Gasteiger partial charge in [0.2, 0.25) is 0 Å². The first-order valence-electron chi connectivity index (χ1n) is 12.1. The molecule has 0 bridgehead atoms. The lowest BCUT2D eigenvalue weighted by molar-refractivity contribution is -0.148. The highest BCUT2D eigenvalue weighted by molar-refractivity contribution is 7.19. The van der Waals surface area contributed by atoms with E-state index in [4.69, 9.17) is 16.1 Å². The van der Waals surface area contributed by atoms with Gasteiger partial charge in [0, 0.05) is 31.2 Å². The highest BCUT2D eigenvalue weighted by Gasteiger charge is 2.57. The number of amides is 1. The second kappa shape index (κ2) is 9.10. The number of carbonyl (C=O) groups excluding carboxylic acids is 1. The summed E-state index contributed by atoms with van der Waals surface area (Å²) in [6.07, 6.45) is 4.11. The molecule has 1 saturated carbocycles. The molecule has 3 N–H and O–H groups in total. The molecule has 2 aromatic heterocycles. The Hall–Kier alpha value is -3.08. The van der Waals surface area contributed by atoms with Gasteiger partial charge in [0.25, 0.3) is 11.6 Å². The predicted octanol–water partition coefficient (Wildman–Crippen LogP) is 4.01. The van der Waals surface area contributed by atoms with Crippen LogP contribution in [0.1, 0.15) is 31.4 Å². The van der Waals surface area contributed by atoms with E-state index < -0.39 is 17.5 Å². The van der Waals surface area contributed by atoms with Gasteiger partial charge in [-0.25, -0.2) is 4.79 Å². The van der Waals surface area contributed by atoms with Crippen molar-refractivity contribution in [2.45, 2.75) is 50.0 Å². The minimum absolute atomic E-state index is 0.0377. The SMILES string of the molecule is O=C(O)C1(C(=O)NC2CCN(C3CC3)CC2)Nc2ccccc2N1Cc1cc(-c2ccc(Cl)s2)no1. The molecule has 1 amide bonds. The molecule has 3 aliphatic rings. The van der Waals surface area contributed by atoms with Gasteiger partial charge in [0.1, 0.15) is 5.69 Å². The zero-order chi connectivity index (χ0) is 24.9. The fourth-order valence-corrected chi connectivity index (χ4v) is 6.15. The Balaban J connectivity index is 1.27. The first-order chi connectivity index (χ1) is 17.4. The summed E-state index contributed by atoms with van der Waals surface area (Å²) in [5.74, 6) is -1.43. The monoisotopic (exact) mass is 527 g/mol. The molecule has 2 fully saturated rings. The molecule has 1 aromatic carbocycles. The van der Waals surface area contributed by atoms with Crippen molar-refractivity contribution in [3.8, 4) is 10.6 Å². The zero-order valence-electron chi connectivity index (χ0n) is 19.4. The maximum Gasteiger partial charge on any atom is 0.360 e. The molecule has 1 aliphatic carbocycles. The number of nitrogens with one attached hydrogen (secondary N) is 2. The summed E-state index contributed by atoms with van der Waals surface area (Å²) in [6.45, 7) is 1.87. The number of thiophene rings is 1. The van der Waals surface area contributed by atoms with Crippen LogP contribution in [0, 0.1) is 0 Å². The first-order valence-corrected chi connectivity index (χ1v) is 13.3. The molecule has 11 heteroatoms. The number of hydrogen-bond acceptors (Lipinski definition) is 8. The van der Waals surface area contributed by atoms with E-state index in [0.29, 0.717) is 33.2 Å². The summed E-state index contributed by atoms with van der Waals surface area (Å²) in [5, 5.41) is 20.6. The molecule has 1 saturated heterocycles. The third-order valence-corrected chi connectivity index (χ3v) is 8.43. The Morgan fingerprint density at radius 1 is 1.19 bits per heavy atom. The predicted molar refractivity (Wildman–Crippen MR) is 137 cm³/mol. The number of piperidine rings is 1. The van der Waals surface area contributed by atoms with Crippen LogP contribution in [0.4, 0.5) is 11.4 Å². The van der Waals surface area contributed by atoms with Gasteiger partial charge in [-0.3, -0.25) is 4.79 Å². The Kier molecular flexibility index (Phi) is 5.89. The molecule has 0 radical (unpaired) electrons. The van der Waals surface area contributed by atoms with Crippen LogP contribution in [-0.2, 0) is 16.1 Å². The number of hydrogen-bond donors (Lipinski definition) is 3. The van der Waals surface area contributed by atoms with Crippen molar-refractivity contribution in [1.29, 1.82) is 0 Å². The number of aliphatic carboxylic acids is 1. The lowest BCUT2D eigenvalue weighted by Gasteiger charge is -2.37. The van der Waals surface area contributed by atoms with E-state index >= 15 is 0 Å².